The summed E-state index contributed by atoms with van der Waals surface area (Å²) in [5.41, 5.74) is 0. The van der Waals surface area contributed by atoms with E-state index in [0.29, 0.717) is 18.7 Å². The number of hydrogen-bond donors (Lipinski definition) is 3. The number of H-pyrrole nitrogens is 1. The molecule has 0 aliphatic heterocycles. The molecule has 6 nitrogen and oxygen atoms in total. The largest absolute Gasteiger partial charge is 0.481 e. The smallest absolute Gasteiger partial charge is 0.307 e. The predicted molar refractivity (Wildman–Crippen MR) is 60.2 cm³/mol. The summed E-state index contributed by atoms with van der Waals surface area (Å²) in [6.45, 7) is 0. The summed E-state index contributed by atoms with van der Waals surface area (Å²) >= 11 is 0. The zero-order chi connectivity index (χ0) is 12.3. The molecule has 1 aliphatic carbocycles. The van der Waals surface area contributed by atoms with Crippen molar-refractivity contribution < 1.29 is 14.7 Å². The highest BCUT2D eigenvalue weighted by Crippen LogP contribution is 2.26. The number of carbonyl (C=O) groups is 2. The van der Waals surface area contributed by atoms with Gasteiger partial charge in [-0.3, -0.25) is 14.7 Å². The van der Waals surface area contributed by atoms with Crippen molar-refractivity contribution in [2.24, 2.45) is 11.8 Å². The molecule has 1 amide bonds. The molecule has 0 bridgehead atoms. The molecule has 17 heavy (non-hydrogen) atoms. The Morgan fingerprint density at radius 3 is 2.65 bits per heavy atom. The van der Waals surface area contributed by atoms with Crippen molar-refractivity contribution in [1.82, 2.24) is 10.2 Å². The van der Waals surface area contributed by atoms with Crippen LogP contribution in [0.4, 0.5) is 5.82 Å². The molecule has 1 aliphatic rings. The molecule has 0 fully saturated rings. The number of carboxylic acid groups (broad SMARTS) is 1. The Bertz CT molecular complexity index is 439. The molecule has 6 heteroatoms. The summed E-state index contributed by atoms with van der Waals surface area (Å²) < 4.78 is 0. The van der Waals surface area contributed by atoms with Gasteiger partial charge in [0, 0.05) is 6.07 Å². The average Bonchev–Trinajstić information content (AvgIpc) is 2.81. The summed E-state index contributed by atoms with van der Waals surface area (Å²) in [5, 5.41) is 18.0. The quantitative estimate of drug-likeness (QED) is 0.681. The number of aromatic nitrogens is 2. The minimum Gasteiger partial charge on any atom is -0.481 e. The first-order valence-corrected chi connectivity index (χ1v) is 5.36. The normalized spacial score (nSPS) is 23.3. The van der Waals surface area contributed by atoms with Crippen LogP contribution in [0.5, 0.6) is 0 Å². The van der Waals surface area contributed by atoms with E-state index in [0.717, 1.165) is 0 Å². The third-order valence-corrected chi connectivity index (χ3v) is 2.84. The number of nitrogens with zero attached hydrogens (tertiary/aromatic N) is 1. The Morgan fingerprint density at radius 2 is 2.06 bits per heavy atom. The van der Waals surface area contributed by atoms with Gasteiger partial charge in [-0.05, 0) is 12.8 Å². The van der Waals surface area contributed by atoms with Crippen LogP contribution in [0.15, 0.2) is 24.4 Å². The molecule has 0 aromatic carbocycles. The van der Waals surface area contributed by atoms with Gasteiger partial charge in [0.1, 0.15) is 5.82 Å². The van der Waals surface area contributed by atoms with Crippen molar-refractivity contribution in [2.75, 3.05) is 5.32 Å². The Hall–Kier alpha value is -2.11. The maximum atomic E-state index is 11.9. The molecule has 0 saturated heterocycles. The molecular formula is C11H13N3O3. The number of aromatic amines is 1. The molecule has 1 aromatic rings. The second kappa shape index (κ2) is 4.82. The number of amides is 1. The highest BCUT2D eigenvalue weighted by Gasteiger charge is 2.33. The van der Waals surface area contributed by atoms with Gasteiger partial charge in [-0.25, -0.2) is 0 Å². The minimum atomic E-state index is -0.931. The van der Waals surface area contributed by atoms with Gasteiger partial charge < -0.3 is 10.4 Å². The van der Waals surface area contributed by atoms with Crippen LogP contribution in [-0.4, -0.2) is 27.2 Å². The Labute approximate surface area is 97.7 Å². The highest BCUT2D eigenvalue weighted by molar-refractivity contribution is 5.94. The standard InChI is InChI=1S/C11H13N3O3/c15-10(13-9-5-6-12-14-9)7-3-1-2-4-8(7)11(16)17/h1-2,5-8H,3-4H2,(H,16,17)(H2,12,13,14,15). The van der Waals surface area contributed by atoms with Crippen LogP contribution in [-0.2, 0) is 9.59 Å². The molecule has 2 atom stereocenters. The first-order chi connectivity index (χ1) is 8.18. The minimum absolute atomic E-state index is 0.286. The summed E-state index contributed by atoms with van der Waals surface area (Å²) in [5.74, 6) is -1.91. The van der Waals surface area contributed by atoms with Crippen LogP contribution >= 0.6 is 0 Å². The lowest BCUT2D eigenvalue weighted by Crippen LogP contribution is -2.34. The summed E-state index contributed by atoms with van der Waals surface area (Å²) in [7, 11) is 0. The van der Waals surface area contributed by atoms with Crippen LogP contribution in [0.1, 0.15) is 12.8 Å². The molecule has 0 spiro atoms. The van der Waals surface area contributed by atoms with E-state index in [-0.39, 0.29) is 5.91 Å². The van der Waals surface area contributed by atoms with E-state index in [9.17, 15) is 9.59 Å². The van der Waals surface area contributed by atoms with Gasteiger partial charge in [0.15, 0.2) is 0 Å². The fourth-order valence-electron chi connectivity index (χ4n) is 1.93. The number of rotatable bonds is 3. The predicted octanol–water partition coefficient (Wildman–Crippen LogP) is 1.02. The highest BCUT2D eigenvalue weighted by atomic mass is 16.4. The lowest BCUT2D eigenvalue weighted by atomic mass is 9.82. The average molecular weight is 235 g/mol. The zero-order valence-corrected chi connectivity index (χ0v) is 9.09. The van der Waals surface area contributed by atoms with Crippen molar-refractivity contribution in [1.29, 1.82) is 0 Å². The number of nitrogens with one attached hydrogen (secondary N) is 2. The summed E-state index contributed by atoms with van der Waals surface area (Å²) in [4.78, 5) is 23.0. The SMILES string of the molecule is O=C(O)C1CC=CCC1C(=O)Nc1ccn[nH]1. The molecule has 1 aromatic heterocycles. The molecule has 3 N–H and O–H groups in total. The van der Waals surface area contributed by atoms with Gasteiger partial charge in [-0.15, -0.1) is 0 Å². The van der Waals surface area contributed by atoms with Crippen LogP contribution < -0.4 is 5.32 Å². The second-order valence-electron chi connectivity index (χ2n) is 3.95. The molecule has 1 heterocycles. The lowest BCUT2D eigenvalue weighted by molar-refractivity contribution is -0.146. The van der Waals surface area contributed by atoms with Crippen LogP contribution in [0, 0.1) is 11.8 Å². The third-order valence-electron chi connectivity index (χ3n) is 2.84. The van der Waals surface area contributed by atoms with E-state index in [1.54, 1.807) is 12.1 Å². The molecular weight excluding hydrogens is 222 g/mol. The van der Waals surface area contributed by atoms with E-state index in [1.807, 2.05) is 6.08 Å². The number of hydrogen-bond acceptors (Lipinski definition) is 3. The van der Waals surface area contributed by atoms with Crippen LogP contribution in [0.3, 0.4) is 0 Å². The van der Waals surface area contributed by atoms with Crippen LogP contribution in [0.25, 0.3) is 0 Å². The maximum absolute atomic E-state index is 11.9. The first kappa shape index (κ1) is 11.4. The topological polar surface area (TPSA) is 95.1 Å². The number of carbonyl (C=O) groups excluding carboxylic acids is 1. The van der Waals surface area contributed by atoms with Crippen molar-refractivity contribution >= 4 is 17.7 Å². The zero-order valence-electron chi connectivity index (χ0n) is 9.09. The van der Waals surface area contributed by atoms with Gasteiger partial charge in [0.2, 0.25) is 5.91 Å². The van der Waals surface area contributed by atoms with Gasteiger partial charge in [-0.2, -0.15) is 5.10 Å². The van der Waals surface area contributed by atoms with Gasteiger partial charge in [0.05, 0.1) is 18.0 Å². The maximum Gasteiger partial charge on any atom is 0.307 e. The number of allylic oxidation sites excluding steroid dienone is 2. The monoisotopic (exact) mass is 235 g/mol. The molecule has 2 rings (SSSR count). The van der Waals surface area contributed by atoms with Gasteiger partial charge in [-0.1, -0.05) is 12.2 Å². The fourth-order valence-corrected chi connectivity index (χ4v) is 1.93. The molecule has 90 valence electrons. The van der Waals surface area contributed by atoms with E-state index >= 15 is 0 Å². The number of aliphatic carboxylic acids is 1. The summed E-state index contributed by atoms with van der Waals surface area (Å²) in [6, 6.07) is 1.62. The molecule has 0 saturated carbocycles. The fraction of sp³-hybridized carbons (Fsp3) is 0.364. The van der Waals surface area contributed by atoms with Crippen molar-refractivity contribution in [3.63, 3.8) is 0 Å². The van der Waals surface area contributed by atoms with Crippen LogP contribution in [0.2, 0.25) is 0 Å². The number of anilines is 1. The summed E-state index contributed by atoms with van der Waals surface area (Å²) in [6.07, 6.45) is 6.02. The van der Waals surface area contributed by atoms with Crippen molar-refractivity contribution in [3.05, 3.63) is 24.4 Å². The molecule has 2 unspecified atom stereocenters. The van der Waals surface area contributed by atoms with Crippen molar-refractivity contribution in [3.8, 4) is 0 Å². The molecule has 0 radical (unpaired) electrons. The van der Waals surface area contributed by atoms with E-state index in [2.05, 4.69) is 15.5 Å². The van der Waals surface area contributed by atoms with Gasteiger partial charge >= 0.3 is 5.97 Å². The second-order valence-corrected chi connectivity index (χ2v) is 3.95. The Balaban J connectivity index is 2.07. The van der Waals surface area contributed by atoms with Gasteiger partial charge in [0.25, 0.3) is 0 Å². The Kier molecular flexibility index (Phi) is 3.22. The van der Waals surface area contributed by atoms with Crippen molar-refractivity contribution in [2.45, 2.75) is 12.8 Å². The third kappa shape index (κ3) is 2.52. The van der Waals surface area contributed by atoms with E-state index in [1.165, 1.54) is 6.20 Å². The Morgan fingerprint density at radius 1 is 1.35 bits per heavy atom. The first-order valence-electron chi connectivity index (χ1n) is 5.36. The van der Waals surface area contributed by atoms with E-state index < -0.39 is 17.8 Å². The number of carboxylic acids is 1. The van der Waals surface area contributed by atoms with E-state index in [4.69, 9.17) is 5.11 Å². The lowest BCUT2D eigenvalue weighted by Gasteiger charge is -2.23.